The van der Waals surface area contributed by atoms with Gasteiger partial charge in [0, 0.05) is 61.7 Å². The van der Waals surface area contributed by atoms with Crippen LogP contribution in [-0.2, 0) is 17.9 Å². The molecular weight excluding hydrogens is 677 g/mol. The van der Waals surface area contributed by atoms with Crippen molar-refractivity contribution in [1.29, 1.82) is 0 Å². The number of alkyl halides is 2. The van der Waals surface area contributed by atoms with E-state index in [1.807, 2.05) is 61.2 Å². The van der Waals surface area contributed by atoms with E-state index in [9.17, 15) is 28.3 Å². The van der Waals surface area contributed by atoms with Gasteiger partial charge >= 0.3 is 0 Å². The van der Waals surface area contributed by atoms with Crippen molar-refractivity contribution in [2.75, 3.05) is 26.2 Å². The molecule has 1 N–H and O–H groups in total. The summed E-state index contributed by atoms with van der Waals surface area (Å²) < 4.78 is 28.5. The molecule has 7 rings (SSSR count). The van der Waals surface area contributed by atoms with Gasteiger partial charge in [0.1, 0.15) is 21.9 Å². The molecule has 14 heteroatoms. The number of likely N-dealkylation sites (tertiary alicyclic amines) is 2. The average molecular weight is 716 g/mol. The van der Waals surface area contributed by atoms with Crippen molar-refractivity contribution in [3.05, 3.63) is 99.4 Å². The van der Waals surface area contributed by atoms with Crippen LogP contribution >= 0.6 is 11.3 Å². The number of amides is 2. The fourth-order valence-electron chi connectivity index (χ4n) is 7.29. The third-order valence-corrected chi connectivity index (χ3v) is 11.3. The number of piperidine rings is 2. The molecule has 2 atom stereocenters. The Bertz CT molecular complexity index is 2110. The fraction of sp³-hybridized carbons (Fsp3) is 0.405. The number of halogens is 2. The lowest BCUT2D eigenvalue weighted by Gasteiger charge is -2.43. The Hall–Kier alpha value is -4.82. The molecule has 2 aliphatic heterocycles. The van der Waals surface area contributed by atoms with E-state index in [1.165, 1.54) is 39.1 Å². The predicted octanol–water partition coefficient (Wildman–Crippen LogP) is 4.90. The number of hydrogen-bond acceptors (Lipinski definition) is 8. The van der Waals surface area contributed by atoms with Gasteiger partial charge in [-0.3, -0.25) is 23.9 Å². The van der Waals surface area contributed by atoms with Crippen LogP contribution in [-0.4, -0.2) is 89.0 Å². The highest BCUT2D eigenvalue weighted by Crippen LogP contribution is 2.37. The first-order chi connectivity index (χ1) is 24.5. The fourth-order valence-corrected chi connectivity index (χ4v) is 8.32. The molecule has 2 saturated heterocycles. The highest BCUT2D eigenvalue weighted by Gasteiger charge is 2.42. The average Bonchev–Trinajstić information content (AvgIpc) is 3.72. The van der Waals surface area contributed by atoms with Gasteiger partial charge in [0.25, 0.3) is 17.9 Å². The van der Waals surface area contributed by atoms with Crippen LogP contribution in [0.4, 0.5) is 8.78 Å². The summed E-state index contributed by atoms with van der Waals surface area (Å²) in [5, 5.41) is 12.5. The second kappa shape index (κ2) is 14.1. The number of rotatable bonds is 8. The SMILES string of the molecule is Cc1ccc(-c2nc(C)c(C(=O)N3CC[C@@H](C(=O)N4CCC(O)(Cn5cnc6c(ccn6CC(F)F)c5=O)CC4)[C@H](c4ccccc4)C3)s2)cn1. The lowest BCUT2D eigenvalue weighted by Crippen LogP contribution is -2.53. The maximum Gasteiger partial charge on any atom is 0.265 e. The van der Waals surface area contributed by atoms with E-state index < -0.39 is 24.1 Å². The van der Waals surface area contributed by atoms with Gasteiger partial charge in [0.2, 0.25) is 5.91 Å². The van der Waals surface area contributed by atoms with Gasteiger partial charge in [-0.25, -0.2) is 18.7 Å². The van der Waals surface area contributed by atoms with E-state index in [4.69, 9.17) is 0 Å². The number of nitrogens with zero attached hydrogens (tertiary/aromatic N) is 7. The molecule has 266 valence electrons. The number of benzene rings is 1. The third-order valence-electron chi connectivity index (χ3n) is 10.1. The molecule has 1 aromatic carbocycles. The maximum atomic E-state index is 14.2. The molecule has 11 nitrogen and oxygen atoms in total. The lowest BCUT2D eigenvalue weighted by atomic mass is 9.79. The van der Waals surface area contributed by atoms with Gasteiger partial charge in [-0.2, -0.15) is 0 Å². The topological polar surface area (TPSA) is 126 Å². The van der Waals surface area contributed by atoms with Crippen molar-refractivity contribution in [3.63, 3.8) is 0 Å². The zero-order chi connectivity index (χ0) is 35.9. The normalized spacial score (nSPS) is 19.2. The smallest absolute Gasteiger partial charge is 0.265 e. The van der Waals surface area contributed by atoms with Crippen molar-refractivity contribution < 1.29 is 23.5 Å². The highest BCUT2D eigenvalue weighted by molar-refractivity contribution is 7.17. The summed E-state index contributed by atoms with van der Waals surface area (Å²) in [5.41, 5.74) is 1.92. The van der Waals surface area contributed by atoms with Crippen LogP contribution in [0.5, 0.6) is 0 Å². The number of fused-ring (bicyclic) bond motifs is 1. The van der Waals surface area contributed by atoms with Gasteiger partial charge in [0.15, 0.2) is 0 Å². The first-order valence-electron chi connectivity index (χ1n) is 17.1. The second-order valence-corrected chi connectivity index (χ2v) is 14.6. The lowest BCUT2D eigenvalue weighted by molar-refractivity contribution is -0.142. The predicted molar refractivity (Wildman–Crippen MR) is 189 cm³/mol. The van der Waals surface area contributed by atoms with Crippen LogP contribution in [0.15, 0.2) is 72.0 Å². The molecule has 0 unspecified atom stereocenters. The summed E-state index contributed by atoms with van der Waals surface area (Å²) in [6.45, 7) is 4.60. The Morgan fingerprint density at radius 2 is 1.76 bits per heavy atom. The summed E-state index contributed by atoms with van der Waals surface area (Å²) in [7, 11) is 0. The van der Waals surface area contributed by atoms with Crippen molar-refractivity contribution in [1.82, 2.24) is 33.9 Å². The number of pyridine rings is 1. The Morgan fingerprint density at radius 1 is 1.00 bits per heavy atom. The standard InChI is InChI=1S/C37H39F2N7O4S/c1-23-8-9-26(18-40-23)33-42-24(2)31(51-33)36(49)45-15-10-27(29(19-45)25-6-4-3-5-7-25)34(47)43-16-12-37(50,13-17-43)21-46-22-41-32-28(35(46)48)11-14-44(32)20-30(38)39/h3-9,11,14,18,22,27,29-30,50H,10,12-13,15-17,19-21H2,1-2H3/t27-,29+/m1/s1. The quantitative estimate of drug-likeness (QED) is 0.242. The number of thiazole rings is 1. The van der Waals surface area contributed by atoms with Gasteiger partial charge in [-0.15, -0.1) is 11.3 Å². The zero-order valence-electron chi connectivity index (χ0n) is 28.4. The van der Waals surface area contributed by atoms with E-state index in [0.717, 1.165) is 21.8 Å². The van der Waals surface area contributed by atoms with Crippen LogP contribution in [0.25, 0.3) is 21.6 Å². The number of aliphatic hydroxyl groups is 1. The summed E-state index contributed by atoms with van der Waals surface area (Å²) >= 11 is 1.36. The molecular formula is C37H39F2N7O4S. The molecule has 0 bridgehead atoms. The number of aromatic nitrogens is 5. The van der Waals surface area contributed by atoms with Gasteiger partial charge in [-0.05, 0) is 56.9 Å². The van der Waals surface area contributed by atoms with E-state index >= 15 is 0 Å². The molecule has 2 fully saturated rings. The van der Waals surface area contributed by atoms with Gasteiger partial charge < -0.3 is 19.5 Å². The molecule has 6 heterocycles. The number of carbonyl (C=O) groups excluding carboxylic acids is 2. The van der Waals surface area contributed by atoms with E-state index in [-0.39, 0.29) is 54.1 Å². The van der Waals surface area contributed by atoms with Crippen LogP contribution < -0.4 is 5.56 Å². The second-order valence-electron chi connectivity index (χ2n) is 13.6. The third kappa shape index (κ3) is 7.07. The van der Waals surface area contributed by atoms with E-state index in [1.54, 1.807) is 11.1 Å². The maximum absolute atomic E-state index is 14.2. The zero-order valence-corrected chi connectivity index (χ0v) is 29.2. The Morgan fingerprint density at radius 3 is 2.47 bits per heavy atom. The van der Waals surface area contributed by atoms with Gasteiger partial charge in [0.05, 0.1) is 29.8 Å². The van der Waals surface area contributed by atoms with Crippen molar-refractivity contribution >= 4 is 34.2 Å². The largest absolute Gasteiger partial charge is 0.388 e. The number of aryl methyl sites for hydroxylation is 2. The Kier molecular flexibility index (Phi) is 9.55. The van der Waals surface area contributed by atoms with Crippen LogP contribution in [0, 0.1) is 19.8 Å². The minimum absolute atomic E-state index is 0.0123. The minimum Gasteiger partial charge on any atom is -0.388 e. The number of carbonyl (C=O) groups is 2. The first-order valence-corrected chi connectivity index (χ1v) is 17.9. The summed E-state index contributed by atoms with van der Waals surface area (Å²) in [5.74, 6) is -0.688. The van der Waals surface area contributed by atoms with Gasteiger partial charge in [-0.1, -0.05) is 30.3 Å². The number of hydrogen-bond donors (Lipinski definition) is 1. The van der Waals surface area contributed by atoms with Crippen LogP contribution in [0.3, 0.4) is 0 Å². The van der Waals surface area contributed by atoms with Crippen molar-refractivity contribution in [2.24, 2.45) is 5.92 Å². The van der Waals surface area contributed by atoms with Crippen molar-refractivity contribution in [3.8, 4) is 10.6 Å². The molecule has 0 saturated carbocycles. The van der Waals surface area contributed by atoms with Crippen LogP contribution in [0.2, 0.25) is 0 Å². The van der Waals surface area contributed by atoms with Crippen molar-refractivity contribution in [2.45, 2.75) is 64.1 Å². The monoisotopic (exact) mass is 715 g/mol. The molecule has 2 aliphatic rings. The summed E-state index contributed by atoms with van der Waals surface area (Å²) in [6.07, 6.45) is 2.89. The molecule has 4 aromatic heterocycles. The highest BCUT2D eigenvalue weighted by atomic mass is 32.1. The molecule has 0 radical (unpaired) electrons. The summed E-state index contributed by atoms with van der Waals surface area (Å²) in [6, 6.07) is 15.1. The van der Waals surface area contributed by atoms with Crippen LogP contribution in [0.1, 0.15) is 51.8 Å². The van der Waals surface area contributed by atoms with E-state index in [2.05, 4.69) is 15.0 Å². The minimum atomic E-state index is -2.58. The molecule has 0 spiro atoms. The first kappa shape index (κ1) is 34.6. The molecule has 0 aliphatic carbocycles. The Balaban J connectivity index is 1.04. The van der Waals surface area contributed by atoms with E-state index in [0.29, 0.717) is 43.2 Å². The summed E-state index contributed by atoms with van der Waals surface area (Å²) in [4.78, 5) is 58.8. The molecule has 2 amide bonds. The molecule has 5 aromatic rings. The Labute approximate surface area is 297 Å². The molecule has 51 heavy (non-hydrogen) atoms.